The van der Waals surface area contributed by atoms with Crippen molar-refractivity contribution >= 4 is 33.4 Å². The molecule has 16 heavy (non-hydrogen) atoms. The van der Waals surface area contributed by atoms with Gasteiger partial charge < -0.3 is 0 Å². The molecule has 0 aliphatic heterocycles. The van der Waals surface area contributed by atoms with Crippen molar-refractivity contribution in [2.24, 2.45) is 4.99 Å². The first-order chi connectivity index (χ1) is 7.83. The summed E-state index contributed by atoms with van der Waals surface area (Å²) < 4.78 is 0. The van der Waals surface area contributed by atoms with Crippen LogP contribution in [0.4, 0.5) is 5.13 Å². The van der Waals surface area contributed by atoms with Crippen molar-refractivity contribution in [3.63, 3.8) is 0 Å². The number of nitrogens with zero attached hydrogens (tertiary/aromatic N) is 3. The summed E-state index contributed by atoms with van der Waals surface area (Å²) in [5.74, 6) is 0. The van der Waals surface area contributed by atoms with Crippen LogP contribution in [0.5, 0.6) is 0 Å². The monoisotopic (exact) mass is 252 g/mol. The normalized spacial score (nSPS) is 15.4. The summed E-state index contributed by atoms with van der Waals surface area (Å²) >= 11 is 3.06. The highest BCUT2D eigenvalue weighted by molar-refractivity contribution is 8.13. The predicted molar refractivity (Wildman–Crippen MR) is 68.1 cm³/mol. The van der Waals surface area contributed by atoms with Crippen molar-refractivity contribution in [1.29, 1.82) is 5.26 Å². The number of nitriles is 1. The van der Waals surface area contributed by atoms with E-state index in [1.165, 1.54) is 35.2 Å². The van der Waals surface area contributed by atoms with E-state index >= 15 is 0 Å². The number of hydrogen-bond acceptors (Lipinski definition) is 5. The Balaban J connectivity index is 2.21. The number of fused-ring (bicyclic) bond motifs is 1. The average molecular weight is 252 g/mol. The van der Waals surface area contributed by atoms with Crippen LogP contribution in [0.15, 0.2) is 4.99 Å². The third kappa shape index (κ3) is 2.54. The molecule has 6 heteroatoms. The highest BCUT2D eigenvalue weighted by atomic mass is 32.2. The Morgan fingerprint density at radius 3 is 3.06 bits per heavy atom. The smallest absolute Gasteiger partial charge is 0.212 e. The Morgan fingerprint density at radius 1 is 1.56 bits per heavy atom. The van der Waals surface area contributed by atoms with E-state index in [1.807, 2.05) is 12.4 Å². The number of nitrogens with one attached hydrogen (secondary N) is 1. The Kier molecular flexibility index (Phi) is 3.80. The maximum Gasteiger partial charge on any atom is 0.212 e. The Labute approximate surface area is 103 Å². The largest absolute Gasteiger partial charge is 0.271 e. The van der Waals surface area contributed by atoms with Crippen molar-refractivity contribution in [2.45, 2.75) is 25.7 Å². The van der Waals surface area contributed by atoms with Gasteiger partial charge in [0.2, 0.25) is 5.13 Å². The Hall–Kier alpha value is -1.06. The fourth-order valence-electron chi connectivity index (χ4n) is 1.65. The van der Waals surface area contributed by atoms with Crippen LogP contribution in [0.1, 0.15) is 23.4 Å². The van der Waals surface area contributed by atoms with E-state index in [0.29, 0.717) is 5.17 Å². The molecule has 1 aliphatic carbocycles. The number of thiazole rings is 1. The first-order valence-corrected chi connectivity index (χ1v) is 7.14. The Morgan fingerprint density at radius 2 is 2.38 bits per heavy atom. The van der Waals surface area contributed by atoms with Gasteiger partial charge in [-0.1, -0.05) is 23.1 Å². The topological polar surface area (TPSA) is 61.1 Å². The van der Waals surface area contributed by atoms with E-state index in [1.54, 1.807) is 11.3 Å². The zero-order valence-electron chi connectivity index (χ0n) is 8.99. The molecule has 1 N–H and O–H groups in total. The van der Waals surface area contributed by atoms with Gasteiger partial charge in [0, 0.05) is 4.88 Å². The van der Waals surface area contributed by atoms with Crippen LogP contribution in [0, 0.1) is 11.5 Å². The van der Waals surface area contributed by atoms with E-state index in [4.69, 9.17) is 5.26 Å². The molecule has 1 aromatic heterocycles. The number of aryl methyl sites for hydroxylation is 2. The molecule has 0 fully saturated rings. The predicted octanol–water partition coefficient (Wildman–Crippen LogP) is 2.44. The number of amidine groups is 1. The highest BCUT2D eigenvalue weighted by Gasteiger charge is 2.14. The van der Waals surface area contributed by atoms with Crippen molar-refractivity contribution in [3.8, 4) is 6.19 Å². The fraction of sp³-hybridized carbons (Fsp3) is 0.500. The summed E-state index contributed by atoms with van der Waals surface area (Å²) in [4.78, 5) is 10.2. The molecule has 0 atom stereocenters. The van der Waals surface area contributed by atoms with Gasteiger partial charge in [-0.25, -0.2) is 4.98 Å². The quantitative estimate of drug-likeness (QED) is 0.361. The molecule has 84 valence electrons. The first kappa shape index (κ1) is 11.4. The zero-order valence-corrected chi connectivity index (χ0v) is 10.6. The maximum absolute atomic E-state index is 8.54. The standard InChI is InChI=1S/C10H12N4S2/c1-15-9(12-6-11)14-10-13-7-4-2-3-5-8(7)16-10/h2-5H2,1H3,(H,12,13,14). The number of aliphatic imine (C=N–C) groups is 1. The lowest BCUT2D eigenvalue weighted by atomic mass is 10.0. The molecule has 0 aromatic carbocycles. The van der Waals surface area contributed by atoms with Gasteiger partial charge in [0.05, 0.1) is 5.69 Å². The van der Waals surface area contributed by atoms with Crippen molar-refractivity contribution < 1.29 is 0 Å². The molecule has 0 saturated heterocycles. The van der Waals surface area contributed by atoms with Crippen LogP contribution in [0.25, 0.3) is 0 Å². The van der Waals surface area contributed by atoms with Gasteiger partial charge in [0.1, 0.15) is 0 Å². The maximum atomic E-state index is 8.54. The third-order valence-corrected chi connectivity index (χ3v) is 4.02. The number of thioether (sulfide) groups is 1. The highest BCUT2D eigenvalue weighted by Crippen LogP contribution is 2.31. The minimum atomic E-state index is 0.605. The molecular formula is C10H12N4S2. The third-order valence-electron chi connectivity index (χ3n) is 2.39. The molecular weight excluding hydrogens is 240 g/mol. The molecule has 1 heterocycles. The van der Waals surface area contributed by atoms with E-state index < -0.39 is 0 Å². The number of hydrogen-bond donors (Lipinski definition) is 1. The van der Waals surface area contributed by atoms with Gasteiger partial charge in [0.25, 0.3) is 0 Å². The van der Waals surface area contributed by atoms with E-state index in [9.17, 15) is 0 Å². The first-order valence-electron chi connectivity index (χ1n) is 5.10. The Bertz CT molecular complexity index is 421. The van der Waals surface area contributed by atoms with E-state index in [0.717, 1.165) is 18.0 Å². The molecule has 0 bridgehead atoms. The number of rotatable bonds is 1. The molecule has 4 nitrogen and oxygen atoms in total. The van der Waals surface area contributed by atoms with Gasteiger partial charge in [-0.05, 0) is 31.9 Å². The van der Waals surface area contributed by atoms with Crippen molar-refractivity contribution in [3.05, 3.63) is 10.6 Å². The van der Waals surface area contributed by atoms with Gasteiger partial charge in [-0.15, -0.1) is 0 Å². The molecule has 0 spiro atoms. The van der Waals surface area contributed by atoms with E-state index in [2.05, 4.69) is 15.3 Å². The summed E-state index contributed by atoms with van der Waals surface area (Å²) in [6, 6.07) is 0. The molecule has 1 aliphatic rings. The SMILES string of the molecule is CS/C(=N/c1nc2c(s1)CCCC2)NC#N. The summed E-state index contributed by atoms with van der Waals surface area (Å²) in [5, 5.41) is 12.5. The zero-order chi connectivity index (χ0) is 11.4. The number of aromatic nitrogens is 1. The molecule has 0 saturated carbocycles. The lowest BCUT2D eigenvalue weighted by Crippen LogP contribution is -2.12. The van der Waals surface area contributed by atoms with Crippen LogP contribution in [0.3, 0.4) is 0 Å². The molecule has 0 unspecified atom stereocenters. The summed E-state index contributed by atoms with van der Waals surface area (Å²) in [5.41, 5.74) is 1.20. The second-order valence-electron chi connectivity index (χ2n) is 3.43. The molecule has 2 rings (SSSR count). The van der Waals surface area contributed by atoms with Crippen LogP contribution in [-0.2, 0) is 12.8 Å². The van der Waals surface area contributed by atoms with Crippen LogP contribution < -0.4 is 5.32 Å². The summed E-state index contributed by atoms with van der Waals surface area (Å²) in [6.45, 7) is 0. The second kappa shape index (κ2) is 5.32. The van der Waals surface area contributed by atoms with Crippen LogP contribution in [-0.4, -0.2) is 16.4 Å². The van der Waals surface area contributed by atoms with Gasteiger partial charge in [-0.3, -0.25) is 5.32 Å². The summed E-state index contributed by atoms with van der Waals surface area (Å²) in [6.07, 6.45) is 8.44. The molecule has 0 amide bonds. The van der Waals surface area contributed by atoms with Crippen molar-refractivity contribution in [1.82, 2.24) is 10.3 Å². The van der Waals surface area contributed by atoms with Crippen LogP contribution in [0.2, 0.25) is 0 Å². The average Bonchev–Trinajstić information content (AvgIpc) is 2.70. The van der Waals surface area contributed by atoms with E-state index in [-0.39, 0.29) is 0 Å². The van der Waals surface area contributed by atoms with Crippen LogP contribution >= 0.6 is 23.1 Å². The summed E-state index contributed by atoms with van der Waals surface area (Å²) in [7, 11) is 0. The van der Waals surface area contributed by atoms with Crippen molar-refractivity contribution in [2.75, 3.05) is 6.26 Å². The van der Waals surface area contributed by atoms with Gasteiger partial charge in [0.15, 0.2) is 11.4 Å². The lowest BCUT2D eigenvalue weighted by Gasteiger charge is -2.06. The minimum absolute atomic E-state index is 0.605. The minimum Gasteiger partial charge on any atom is -0.271 e. The fourth-order valence-corrected chi connectivity index (χ4v) is 3.05. The molecule has 0 radical (unpaired) electrons. The second-order valence-corrected chi connectivity index (χ2v) is 5.29. The molecule has 1 aromatic rings. The van der Waals surface area contributed by atoms with Gasteiger partial charge >= 0.3 is 0 Å². The van der Waals surface area contributed by atoms with Gasteiger partial charge in [-0.2, -0.15) is 10.3 Å². The lowest BCUT2D eigenvalue weighted by molar-refractivity contribution is 0.682.